The highest BCUT2D eigenvalue weighted by Gasteiger charge is 2.37. The molecule has 4 rings (SSSR count). The predicted octanol–water partition coefficient (Wildman–Crippen LogP) is -2.60. The minimum absolute atomic E-state index is 0.0284. The molecule has 0 aliphatic heterocycles. The molecular formula is C27H39B6F3N6O3S. The summed E-state index contributed by atoms with van der Waals surface area (Å²) in [5, 5.41) is 14.0. The van der Waals surface area contributed by atoms with Gasteiger partial charge in [-0.3, -0.25) is 0 Å². The second-order valence-corrected chi connectivity index (χ2v) is 14.8. The van der Waals surface area contributed by atoms with Gasteiger partial charge in [0.15, 0.2) is 5.76 Å². The van der Waals surface area contributed by atoms with Crippen LogP contribution in [-0.4, -0.2) is 104 Å². The zero-order chi connectivity index (χ0) is 34.0. The summed E-state index contributed by atoms with van der Waals surface area (Å²) in [4.78, 5) is 11.1. The van der Waals surface area contributed by atoms with Gasteiger partial charge in [0.2, 0.25) is 5.88 Å². The second-order valence-electron chi connectivity index (χ2n) is 13.7. The van der Waals surface area contributed by atoms with Crippen molar-refractivity contribution in [2.75, 3.05) is 11.9 Å². The number of nitrogens with one attached hydrogen (secondary N) is 1. The summed E-state index contributed by atoms with van der Waals surface area (Å²) in [5.41, 5.74) is 15.0. The number of likely N-dealkylation sites (N-methyl/N-ethyl adjacent to an activating group) is 1. The van der Waals surface area contributed by atoms with E-state index >= 15 is 0 Å². The lowest BCUT2D eigenvalue weighted by atomic mass is 9.52. The van der Waals surface area contributed by atoms with Crippen molar-refractivity contribution in [3.63, 3.8) is 0 Å². The fourth-order valence-electron chi connectivity index (χ4n) is 5.35. The molecule has 2 heterocycles. The lowest BCUT2D eigenvalue weighted by molar-refractivity contribution is -0.126. The number of anilines is 1. The van der Waals surface area contributed by atoms with E-state index in [1.54, 1.807) is 6.08 Å². The lowest BCUT2D eigenvalue weighted by Gasteiger charge is -2.28. The fourth-order valence-corrected chi connectivity index (χ4v) is 6.38. The van der Waals surface area contributed by atoms with Gasteiger partial charge in [-0.05, 0) is 30.0 Å². The average Bonchev–Trinajstić information content (AvgIpc) is 3.50. The molecule has 0 amide bonds. The van der Waals surface area contributed by atoms with Gasteiger partial charge in [-0.2, -0.15) is 13.2 Å². The van der Waals surface area contributed by atoms with Crippen LogP contribution >= 0.6 is 11.3 Å². The van der Waals surface area contributed by atoms with Crippen molar-refractivity contribution in [2.45, 2.75) is 60.8 Å². The van der Waals surface area contributed by atoms with Gasteiger partial charge < -0.3 is 36.3 Å². The molecule has 0 saturated heterocycles. The third-order valence-corrected chi connectivity index (χ3v) is 8.35. The zero-order valence-corrected chi connectivity index (χ0v) is 28.2. The highest BCUT2D eigenvalue weighted by Crippen LogP contribution is 2.36. The second kappa shape index (κ2) is 13.9. The van der Waals surface area contributed by atoms with Crippen LogP contribution in [0.25, 0.3) is 15.9 Å². The third-order valence-electron chi connectivity index (χ3n) is 7.31. The summed E-state index contributed by atoms with van der Waals surface area (Å²) in [7, 11) is 13.3. The number of hydrogen-bond donors (Lipinski definition) is 4. The number of fused-ring (bicyclic) bond motifs is 1. The molecule has 3 atom stereocenters. The normalized spacial score (nSPS) is 20.0. The number of alkyl halides is 3. The molecule has 240 valence electrons. The maximum atomic E-state index is 13.0. The summed E-state index contributed by atoms with van der Waals surface area (Å²) >= 11 is 1.01. The Morgan fingerprint density at radius 2 is 1.72 bits per heavy atom. The van der Waals surface area contributed by atoms with Crippen LogP contribution in [0.2, 0.25) is 0 Å². The Morgan fingerprint density at radius 3 is 2.33 bits per heavy atom. The third kappa shape index (κ3) is 9.92. The number of ether oxygens (including phenoxy) is 2. The Kier molecular flexibility index (Phi) is 10.8. The summed E-state index contributed by atoms with van der Waals surface area (Å²) in [6.07, 6.45) is -1.76. The van der Waals surface area contributed by atoms with Gasteiger partial charge in [-0.15, -0.1) is 11.3 Å². The topological polar surface area (TPSA) is 132 Å². The molecule has 1 aliphatic rings. The molecule has 19 heteroatoms. The largest absolute Gasteiger partial charge is 0.509 e. The van der Waals surface area contributed by atoms with Crippen molar-refractivity contribution in [3.05, 3.63) is 70.4 Å². The number of rotatable bonds is 12. The van der Waals surface area contributed by atoms with E-state index < -0.39 is 29.3 Å². The number of aliphatic hydroxyl groups excluding tert-OH is 1. The fraction of sp³-hybridized carbons (Fsp3) is 0.407. The van der Waals surface area contributed by atoms with Crippen LogP contribution < -0.4 is 21.7 Å². The van der Waals surface area contributed by atoms with Gasteiger partial charge in [0.05, 0.1) is 24.0 Å². The first-order valence-electron chi connectivity index (χ1n) is 15.2. The number of nitrogens with two attached hydrogens (primary N) is 2. The van der Waals surface area contributed by atoms with E-state index in [9.17, 15) is 18.3 Å². The van der Waals surface area contributed by atoms with E-state index in [4.69, 9.17) is 20.9 Å². The van der Waals surface area contributed by atoms with Gasteiger partial charge in [-0.1, -0.05) is 24.3 Å². The predicted molar refractivity (Wildman–Crippen MR) is 194 cm³/mol. The number of nitrogens with zero attached hydrogens (tertiary/aromatic N) is 3. The Balaban J connectivity index is 1.40. The van der Waals surface area contributed by atoms with Crippen molar-refractivity contribution in [2.24, 2.45) is 11.5 Å². The van der Waals surface area contributed by atoms with E-state index in [1.807, 2.05) is 83.3 Å². The molecule has 1 aliphatic carbocycles. The summed E-state index contributed by atoms with van der Waals surface area (Å²) in [5.74, 6) is 1.02. The molecule has 9 nitrogen and oxygen atoms in total. The smallest absolute Gasteiger partial charge is 0.393 e. The SMILES string of the molecule is BC(B)(B)O/C(N)=C(/C=C(\N)c1ccc(CN[C@H]2C[C@@H](O)[C@@H](N(C)c3ncnc4sc(CC(F)(F)F)cc34)C2)cc1)OC(B)(B)B. The number of thiophene rings is 1. The summed E-state index contributed by atoms with van der Waals surface area (Å²) < 4.78 is 50.8. The number of allylic oxidation sites excluding steroid dienone is 1. The van der Waals surface area contributed by atoms with Gasteiger partial charge in [0.25, 0.3) is 0 Å². The van der Waals surface area contributed by atoms with Gasteiger partial charge in [0, 0.05) is 46.9 Å². The summed E-state index contributed by atoms with van der Waals surface area (Å²) in [6.45, 7) is 0.575. The van der Waals surface area contributed by atoms with Crippen LogP contribution in [0.5, 0.6) is 0 Å². The van der Waals surface area contributed by atoms with Crippen molar-refractivity contribution >= 4 is 80.1 Å². The van der Waals surface area contributed by atoms with Gasteiger partial charge in [0.1, 0.15) is 64.1 Å². The average molecular weight is 650 g/mol. The maximum Gasteiger partial charge on any atom is 0.393 e. The van der Waals surface area contributed by atoms with E-state index in [0.29, 0.717) is 46.9 Å². The highest BCUT2D eigenvalue weighted by molar-refractivity contribution is 7.18. The van der Waals surface area contributed by atoms with E-state index in [2.05, 4.69) is 15.3 Å². The molecule has 0 radical (unpaired) electrons. The standard InChI is InChI=1S/C27H39B6F3N6O3S/c1-42(23-17-8-16(10-25(34,35)36)46-24(17)41-12-40-23)19-6-15(7-20(19)43)39-11-13-2-4-14(5-3-13)18(37)9-21(44-26(28,29)30)22(38)45-27(31,32)33/h2-5,8-9,12,15,19-20,39,43H,6-7,10-11,28-33,37-38H2,1H3/b18-9-,22-21-/t15-,19+,20-/m1/s1. The molecule has 0 spiro atoms. The molecule has 0 bridgehead atoms. The van der Waals surface area contributed by atoms with Crippen LogP contribution in [-0.2, 0) is 22.4 Å². The molecule has 3 aromatic rings. The maximum absolute atomic E-state index is 13.0. The minimum atomic E-state index is -4.30. The molecule has 1 aromatic carbocycles. The monoisotopic (exact) mass is 650 g/mol. The first-order chi connectivity index (χ1) is 21.3. The molecule has 46 heavy (non-hydrogen) atoms. The van der Waals surface area contributed by atoms with Crippen molar-refractivity contribution in [1.82, 2.24) is 15.3 Å². The molecule has 0 unspecified atom stereocenters. The van der Waals surface area contributed by atoms with Crippen molar-refractivity contribution < 1.29 is 27.8 Å². The first-order valence-corrected chi connectivity index (χ1v) is 16.0. The number of aromatic nitrogens is 2. The molecule has 1 fully saturated rings. The quantitative estimate of drug-likeness (QED) is 0.0948. The molecule has 1 saturated carbocycles. The molecule has 6 N–H and O–H groups in total. The number of hydrogen-bond acceptors (Lipinski definition) is 10. The zero-order valence-electron chi connectivity index (χ0n) is 27.4. The van der Waals surface area contributed by atoms with Crippen LogP contribution in [0.4, 0.5) is 19.0 Å². The highest BCUT2D eigenvalue weighted by atomic mass is 32.1. The van der Waals surface area contributed by atoms with Gasteiger partial charge >= 0.3 is 6.18 Å². The van der Waals surface area contributed by atoms with Crippen LogP contribution in [0.1, 0.15) is 28.8 Å². The number of benzene rings is 1. The number of halogens is 3. The van der Waals surface area contributed by atoms with E-state index in [0.717, 1.165) is 22.5 Å². The summed E-state index contributed by atoms with van der Waals surface area (Å²) in [6, 6.07) is 9.08. The van der Waals surface area contributed by atoms with Crippen molar-refractivity contribution in [3.8, 4) is 0 Å². The minimum Gasteiger partial charge on any atom is -0.509 e. The molecular weight excluding hydrogens is 610 g/mol. The Bertz CT molecular complexity index is 1580. The number of aliphatic hydroxyl groups is 1. The Morgan fingerprint density at radius 1 is 1.07 bits per heavy atom. The lowest BCUT2D eigenvalue weighted by Crippen LogP contribution is -2.38. The Hall–Kier alpha value is -3.16. The van der Waals surface area contributed by atoms with Crippen LogP contribution in [0.3, 0.4) is 0 Å². The van der Waals surface area contributed by atoms with Crippen LogP contribution in [0.15, 0.2) is 54.4 Å². The van der Waals surface area contributed by atoms with Crippen LogP contribution in [0, 0.1) is 0 Å². The first kappa shape index (κ1) is 35.7. The van der Waals surface area contributed by atoms with Gasteiger partial charge in [-0.25, -0.2) is 9.97 Å². The molecule has 2 aromatic heterocycles. The van der Waals surface area contributed by atoms with E-state index in [-0.39, 0.29) is 22.8 Å². The van der Waals surface area contributed by atoms with E-state index in [1.165, 1.54) is 12.4 Å². The Labute approximate surface area is 277 Å². The van der Waals surface area contributed by atoms with Crippen molar-refractivity contribution in [1.29, 1.82) is 0 Å².